The maximum Gasteiger partial charge on any atom is 0.191 e. The number of nitrogens with one attached hydrogen (secondary N) is 2. The van der Waals surface area contributed by atoms with Gasteiger partial charge in [-0.25, -0.2) is 0 Å². The molecule has 2 aliphatic rings. The van der Waals surface area contributed by atoms with E-state index in [1.807, 2.05) is 0 Å². The number of hydrogen-bond donors (Lipinski definition) is 3. The molecule has 7 heteroatoms. The summed E-state index contributed by atoms with van der Waals surface area (Å²) in [7, 11) is 0. The van der Waals surface area contributed by atoms with Gasteiger partial charge in [0.15, 0.2) is 5.96 Å². The van der Waals surface area contributed by atoms with E-state index in [-0.39, 0.29) is 30.1 Å². The zero-order valence-corrected chi connectivity index (χ0v) is 17.7. The fraction of sp³-hybridized carbons (Fsp3) is 0.941. The Kier molecular flexibility index (Phi) is 9.84. The molecule has 0 radical (unpaired) electrons. The molecule has 1 unspecified atom stereocenters. The van der Waals surface area contributed by atoms with Crippen molar-refractivity contribution in [3.8, 4) is 0 Å². The average molecular weight is 454 g/mol. The van der Waals surface area contributed by atoms with Crippen LogP contribution in [0.3, 0.4) is 0 Å². The molecule has 24 heavy (non-hydrogen) atoms. The maximum atomic E-state index is 10.2. The molecule has 0 amide bonds. The van der Waals surface area contributed by atoms with Gasteiger partial charge in [0.1, 0.15) is 0 Å². The first-order valence-corrected chi connectivity index (χ1v) is 9.09. The third-order valence-electron chi connectivity index (χ3n) is 4.50. The monoisotopic (exact) mass is 454 g/mol. The van der Waals surface area contributed by atoms with Crippen LogP contribution >= 0.6 is 24.0 Å². The van der Waals surface area contributed by atoms with Crippen molar-refractivity contribution in [2.24, 2.45) is 10.9 Å². The Bertz CT molecular complexity index is 389. The summed E-state index contributed by atoms with van der Waals surface area (Å²) in [6.45, 7) is 12.5. The van der Waals surface area contributed by atoms with E-state index in [2.05, 4.69) is 41.3 Å². The minimum Gasteiger partial charge on any atom is -0.388 e. The number of aliphatic imine (C=N–C) groups is 1. The number of halogens is 1. The number of morpholine rings is 1. The van der Waals surface area contributed by atoms with Crippen molar-refractivity contribution in [1.82, 2.24) is 15.5 Å². The zero-order valence-electron chi connectivity index (χ0n) is 15.4. The molecule has 1 saturated carbocycles. The lowest BCUT2D eigenvalue weighted by atomic mass is 9.80. The molecule has 0 aromatic carbocycles. The number of aliphatic hydroxyl groups is 1. The van der Waals surface area contributed by atoms with Gasteiger partial charge in [0, 0.05) is 32.7 Å². The van der Waals surface area contributed by atoms with E-state index in [0.29, 0.717) is 12.5 Å². The molecule has 1 aliphatic carbocycles. The molecule has 1 aliphatic heterocycles. The van der Waals surface area contributed by atoms with Crippen molar-refractivity contribution < 1.29 is 9.84 Å². The Hall–Kier alpha value is -0.120. The van der Waals surface area contributed by atoms with Crippen molar-refractivity contribution in [2.45, 2.75) is 51.7 Å². The number of ether oxygens (including phenoxy) is 1. The van der Waals surface area contributed by atoms with Gasteiger partial charge < -0.3 is 20.5 Å². The molecule has 6 nitrogen and oxygen atoms in total. The van der Waals surface area contributed by atoms with Crippen LogP contribution in [0, 0.1) is 5.92 Å². The first-order chi connectivity index (χ1) is 11.0. The molecule has 3 N–H and O–H groups in total. The third-order valence-corrected chi connectivity index (χ3v) is 4.50. The topological polar surface area (TPSA) is 69.1 Å². The van der Waals surface area contributed by atoms with Crippen LogP contribution in [0.5, 0.6) is 0 Å². The van der Waals surface area contributed by atoms with Crippen molar-refractivity contribution in [1.29, 1.82) is 0 Å². The van der Waals surface area contributed by atoms with E-state index in [4.69, 9.17) is 4.74 Å². The Morgan fingerprint density at radius 2 is 2.12 bits per heavy atom. The van der Waals surface area contributed by atoms with E-state index in [1.54, 1.807) is 0 Å². The molecule has 2 fully saturated rings. The summed E-state index contributed by atoms with van der Waals surface area (Å²) in [6, 6.07) is 0. The Balaban J connectivity index is 0.00000288. The van der Waals surface area contributed by atoms with Crippen LogP contribution in [0.2, 0.25) is 0 Å². The van der Waals surface area contributed by atoms with Gasteiger partial charge in [-0.2, -0.15) is 0 Å². The minimum absolute atomic E-state index is 0. The molecule has 0 spiro atoms. The number of guanidine groups is 1. The highest BCUT2D eigenvalue weighted by Crippen LogP contribution is 2.31. The smallest absolute Gasteiger partial charge is 0.191 e. The summed E-state index contributed by atoms with van der Waals surface area (Å²) in [6.07, 6.45) is 3.04. The van der Waals surface area contributed by atoms with E-state index in [9.17, 15) is 5.11 Å². The molecular formula is C17H35IN4O2. The normalized spacial score (nSPS) is 24.2. The number of nitrogens with zero attached hydrogens (tertiary/aromatic N) is 2. The molecule has 0 aromatic rings. The van der Waals surface area contributed by atoms with Crippen molar-refractivity contribution in [3.05, 3.63) is 0 Å². The Labute approximate surface area is 163 Å². The van der Waals surface area contributed by atoms with Gasteiger partial charge in [0.05, 0.1) is 24.9 Å². The van der Waals surface area contributed by atoms with Gasteiger partial charge in [0.2, 0.25) is 0 Å². The van der Waals surface area contributed by atoms with Crippen molar-refractivity contribution in [3.63, 3.8) is 0 Å². The molecule has 0 bridgehead atoms. The second-order valence-corrected chi connectivity index (χ2v) is 7.30. The molecule has 1 saturated heterocycles. The van der Waals surface area contributed by atoms with Gasteiger partial charge in [-0.1, -0.05) is 13.8 Å². The predicted octanol–water partition coefficient (Wildman–Crippen LogP) is 1.43. The first kappa shape index (κ1) is 21.9. The van der Waals surface area contributed by atoms with Crippen LogP contribution in [-0.2, 0) is 4.74 Å². The Morgan fingerprint density at radius 1 is 1.38 bits per heavy atom. The van der Waals surface area contributed by atoms with Crippen LogP contribution < -0.4 is 10.6 Å². The molecule has 0 aromatic heterocycles. The van der Waals surface area contributed by atoms with E-state index < -0.39 is 5.60 Å². The van der Waals surface area contributed by atoms with Crippen LogP contribution in [0.25, 0.3) is 0 Å². The second kappa shape index (κ2) is 10.8. The molecule has 1 heterocycles. The average Bonchev–Trinajstić information content (AvgIpc) is 2.48. The standard InChI is InChI=1S/C17H34N4O2.HI/c1-4-18-16(20-13-17(22)6-5-7-17)19-10-15-12-21(8-9-23-15)11-14(2)3;/h14-15,22H,4-13H2,1-3H3,(H2,18,19,20);1H. The lowest BCUT2D eigenvalue weighted by Gasteiger charge is -2.35. The maximum absolute atomic E-state index is 10.2. The summed E-state index contributed by atoms with van der Waals surface area (Å²) in [4.78, 5) is 7.01. The Morgan fingerprint density at radius 3 is 2.71 bits per heavy atom. The van der Waals surface area contributed by atoms with Crippen LogP contribution in [-0.4, -0.2) is 73.5 Å². The fourth-order valence-corrected chi connectivity index (χ4v) is 3.11. The number of rotatable bonds is 7. The summed E-state index contributed by atoms with van der Waals surface area (Å²) >= 11 is 0. The summed E-state index contributed by atoms with van der Waals surface area (Å²) in [5, 5.41) is 16.8. The first-order valence-electron chi connectivity index (χ1n) is 9.09. The highest BCUT2D eigenvalue weighted by Gasteiger charge is 2.34. The predicted molar refractivity (Wildman–Crippen MR) is 109 cm³/mol. The van der Waals surface area contributed by atoms with Gasteiger partial charge in [0.25, 0.3) is 0 Å². The van der Waals surface area contributed by atoms with Gasteiger partial charge >= 0.3 is 0 Å². The van der Waals surface area contributed by atoms with Gasteiger partial charge in [-0.3, -0.25) is 9.89 Å². The van der Waals surface area contributed by atoms with Crippen LogP contribution in [0.4, 0.5) is 0 Å². The molecule has 1 atom stereocenters. The SMILES string of the molecule is CCNC(=NCC1(O)CCC1)NCC1CN(CC(C)C)CCO1.I. The summed E-state index contributed by atoms with van der Waals surface area (Å²) in [5.41, 5.74) is -0.572. The lowest BCUT2D eigenvalue weighted by molar-refractivity contribution is -0.0287. The van der Waals surface area contributed by atoms with E-state index in [1.165, 1.54) is 0 Å². The summed E-state index contributed by atoms with van der Waals surface area (Å²) < 4.78 is 5.86. The number of hydrogen-bond acceptors (Lipinski definition) is 4. The van der Waals surface area contributed by atoms with Gasteiger partial charge in [-0.15, -0.1) is 24.0 Å². The third kappa shape index (κ3) is 7.41. The van der Waals surface area contributed by atoms with E-state index in [0.717, 1.165) is 64.6 Å². The summed E-state index contributed by atoms with van der Waals surface area (Å²) in [5.74, 6) is 1.46. The zero-order chi connectivity index (χ0) is 16.7. The van der Waals surface area contributed by atoms with Crippen LogP contribution in [0.15, 0.2) is 4.99 Å². The fourth-order valence-electron chi connectivity index (χ4n) is 3.11. The second-order valence-electron chi connectivity index (χ2n) is 7.30. The highest BCUT2D eigenvalue weighted by molar-refractivity contribution is 14.0. The van der Waals surface area contributed by atoms with E-state index >= 15 is 0 Å². The largest absolute Gasteiger partial charge is 0.388 e. The van der Waals surface area contributed by atoms with Crippen LogP contribution in [0.1, 0.15) is 40.0 Å². The lowest BCUT2D eigenvalue weighted by Crippen LogP contribution is -2.50. The highest BCUT2D eigenvalue weighted by atomic mass is 127. The van der Waals surface area contributed by atoms with Crippen molar-refractivity contribution in [2.75, 3.05) is 45.9 Å². The molecule has 142 valence electrons. The quantitative estimate of drug-likeness (QED) is 0.309. The minimum atomic E-state index is -0.572. The molecule has 2 rings (SSSR count). The van der Waals surface area contributed by atoms with Crippen molar-refractivity contribution >= 4 is 29.9 Å². The molecular weight excluding hydrogens is 419 g/mol. The van der Waals surface area contributed by atoms with Gasteiger partial charge in [-0.05, 0) is 32.1 Å².